The predicted octanol–water partition coefficient (Wildman–Crippen LogP) is 4.20. The van der Waals surface area contributed by atoms with Gasteiger partial charge >= 0.3 is 0 Å². The summed E-state index contributed by atoms with van der Waals surface area (Å²) < 4.78 is 38.3. The predicted molar refractivity (Wildman–Crippen MR) is 155 cm³/mol. The fourth-order valence-electron chi connectivity index (χ4n) is 4.69. The SMILES string of the molecule is C[C@@H]1CN([C@H](C)CO)C(=O)c2cc(NS(C)(=O)=O)ccc2O[C@@H]1CN(C)Cc1ccc(Oc2ccccc2)cc1. The van der Waals surface area contributed by atoms with Crippen molar-refractivity contribution in [3.63, 3.8) is 0 Å². The highest BCUT2D eigenvalue weighted by molar-refractivity contribution is 7.92. The molecule has 10 heteroatoms. The van der Waals surface area contributed by atoms with Crippen molar-refractivity contribution in [2.75, 3.05) is 37.7 Å². The van der Waals surface area contributed by atoms with Gasteiger partial charge in [-0.2, -0.15) is 0 Å². The molecule has 3 aromatic carbocycles. The molecular formula is C30H37N3O6S. The highest BCUT2D eigenvalue weighted by Crippen LogP contribution is 2.31. The molecule has 0 aliphatic carbocycles. The number of carbonyl (C=O) groups is 1. The van der Waals surface area contributed by atoms with Crippen molar-refractivity contribution in [1.29, 1.82) is 0 Å². The summed E-state index contributed by atoms with van der Waals surface area (Å²) in [4.78, 5) is 17.3. The second kappa shape index (κ2) is 12.7. The average Bonchev–Trinajstić information content (AvgIpc) is 2.91. The first-order valence-electron chi connectivity index (χ1n) is 13.2. The third-order valence-electron chi connectivity index (χ3n) is 6.81. The van der Waals surface area contributed by atoms with E-state index in [0.717, 1.165) is 23.3 Å². The quantitative estimate of drug-likeness (QED) is 0.378. The molecule has 0 radical (unpaired) electrons. The highest BCUT2D eigenvalue weighted by atomic mass is 32.2. The number of aliphatic hydroxyl groups is 1. The molecule has 1 amide bonds. The molecule has 0 unspecified atom stereocenters. The molecule has 2 N–H and O–H groups in total. The monoisotopic (exact) mass is 567 g/mol. The van der Waals surface area contributed by atoms with Gasteiger partial charge in [0.25, 0.3) is 5.91 Å². The number of amides is 1. The molecule has 9 nitrogen and oxygen atoms in total. The van der Waals surface area contributed by atoms with E-state index in [1.165, 1.54) is 6.07 Å². The van der Waals surface area contributed by atoms with Crippen LogP contribution in [0, 0.1) is 5.92 Å². The van der Waals surface area contributed by atoms with Crippen LogP contribution < -0.4 is 14.2 Å². The smallest absolute Gasteiger partial charge is 0.258 e. The van der Waals surface area contributed by atoms with E-state index in [2.05, 4.69) is 9.62 Å². The van der Waals surface area contributed by atoms with E-state index in [9.17, 15) is 18.3 Å². The van der Waals surface area contributed by atoms with E-state index in [1.54, 1.807) is 24.0 Å². The Bertz CT molecular complexity index is 1400. The van der Waals surface area contributed by atoms with Gasteiger partial charge in [-0.05, 0) is 62.0 Å². The van der Waals surface area contributed by atoms with Crippen LogP contribution in [0.4, 0.5) is 5.69 Å². The topological polar surface area (TPSA) is 108 Å². The molecule has 214 valence electrons. The summed E-state index contributed by atoms with van der Waals surface area (Å²) in [6.45, 7) is 5.28. The maximum absolute atomic E-state index is 13.5. The minimum Gasteiger partial charge on any atom is -0.488 e. The Kier molecular flexibility index (Phi) is 9.34. The largest absolute Gasteiger partial charge is 0.488 e. The first-order valence-corrected chi connectivity index (χ1v) is 15.1. The van der Waals surface area contributed by atoms with Crippen LogP contribution in [0.1, 0.15) is 29.8 Å². The molecule has 0 bridgehead atoms. The third-order valence-corrected chi connectivity index (χ3v) is 7.42. The molecular weight excluding hydrogens is 530 g/mol. The molecule has 0 aromatic heterocycles. The van der Waals surface area contributed by atoms with Crippen molar-refractivity contribution in [1.82, 2.24) is 9.80 Å². The van der Waals surface area contributed by atoms with Crippen LogP contribution in [0.5, 0.6) is 17.2 Å². The zero-order chi connectivity index (χ0) is 28.9. The van der Waals surface area contributed by atoms with Crippen LogP contribution in [0.3, 0.4) is 0 Å². The Balaban J connectivity index is 1.50. The van der Waals surface area contributed by atoms with Gasteiger partial charge in [0.15, 0.2) is 0 Å². The molecule has 40 heavy (non-hydrogen) atoms. The number of benzene rings is 3. The van der Waals surface area contributed by atoms with E-state index < -0.39 is 16.1 Å². The number of hydrogen-bond donors (Lipinski definition) is 2. The zero-order valence-electron chi connectivity index (χ0n) is 23.3. The number of carbonyl (C=O) groups excluding carboxylic acids is 1. The van der Waals surface area contributed by atoms with Gasteiger partial charge < -0.3 is 19.5 Å². The summed E-state index contributed by atoms with van der Waals surface area (Å²) in [7, 11) is -1.51. The first kappa shape index (κ1) is 29.4. The standard InChI is InChI=1S/C30H37N3O6S/c1-21-17-33(22(2)20-34)30(35)27-16-24(31-40(4,36)37)12-15-28(27)39-29(21)19-32(3)18-23-10-13-26(14-11-23)38-25-8-6-5-7-9-25/h5-16,21-22,29,31,34H,17-20H2,1-4H3/t21-,22-,29-/m1/s1. The maximum Gasteiger partial charge on any atom is 0.258 e. The zero-order valence-corrected chi connectivity index (χ0v) is 24.1. The molecule has 1 aliphatic heterocycles. The third kappa shape index (κ3) is 7.74. The summed E-state index contributed by atoms with van der Waals surface area (Å²) in [5.74, 6) is 1.57. The van der Waals surface area contributed by atoms with E-state index in [0.29, 0.717) is 25.4 Å². The maximum atomic E-state index is 13.5. The number of para-hydroxylation sites is 1. The van der Waals surface area contributed by atoms with Crippen molar-refractivity contribution in [2.24, 2.45) is 5.92 Å². The van der Waals surface area contributed by atoms with Crippen molar-refractivity contribution >= 4 is 21.6 Å². The normalized spacial score (nSPS) is 18.4. The van der Waals surface area contributed by atoms with E-state index in [4.69, 9.17) is 9.47 Å². The van der Waals surface area contributed by atoms with Crippen LogP contribution in [0.25, 0.3) is 0 Å². The number of nitrogens with one attached hydrogen (secondary N) is 1. The summed E-state index contributed by atoms with van der Waals surface area (Å²) in [6.07, 6.45) is 0.791. The van der Waals surface area contributed by atoms with Gasteiger partial charge in [0.05, 0.1) is 24.5 Å². The number of hydrogen-bond acceptors (Lipinski definition) is 7. The Morgan fingerprint density at radius 3 is 2.42 bits per heavy atom. The molecule has 1 heterocycles. The fourth-order valence-corrected chi connectivity index (χ4v) is 5.24. The Hall–Kier alpha value is -3.60. The van der Waals surface area contributed by atoms with Gasteiger partial charge in [-0.1, -0.05) is 37.3 Å². The van der Waals surface area contributed by atoms with Crippen LogP contribution in [0.2, 0.25) is 0 Å². The van der Waals surface area contributed by atoms with Gasteiger partial charge in [0, 0.05) is 31.2 Å². The van der Waals surface area contributed by atoms with E-state index in [1.807, 2.05) is 68.6 Å². The van der Waals surface area contributed by atoms with Crippen molar-refractivity contribution in [2.45, 2.75) is 32.5 Å². The van der Waals surface area contributed by atoms with Gasteiger partial charge in [-0.3, -0.25) is 14.4 Å². The van der Waals surface area contributed by atoms with E-state index >= 15 is 0 Å². The van der Waals surface area contributed by atoms with Crippen molar-refractivity contribution in [3.8, 4) is 17.2 Å². The summed E-state index contributed by atoms with van der Waals surface area (Å²) in [5, 5.41) is 9.85. The summed E-state index contributed by atoms with van der Waals surface area (Å²) in [6, 6.07) is 21.9. The number of nitrogens with zero attached hydrogens (tertiary/aromatic N) is 2. The van der Waals surface area contributed by atoms with Crippen LogP contribution in [-0.2, 0) is 16.6 Å². The second-order valence-corrected chi connectivity index (χ2v) is 12.2. The molecule has 4 rings (SSSR count). The summed E-state index contributed by atoms with van der Waals surface area (Å²) >= 11 is 0. The van der Waals surface area contributed by atoms with Crippen molar-refractivity contribution in [3.05, 3.63) is 83.9 Å². The van der Waals surface area contributed by atoms with E-state index in [-0.39, 0.29) is 35.8 Å². The van der Waals surface area contributed by atoms with Gasteiger partial charge in [-0.25, -0.2) is 8.42 Å². The highest BCUT2D eigenvalue weighted by Gasteiger charge is 2.33. The molecule has 0 saturated heterocycles. The second-order valence-electron chi connectivity index (χ2n) is 10.5. The Morgan fingerprint density at radius 1 is 1.10 bits per heavy atom. The number of ether oxygens (including phenoxy) is 2. The fraction of sp³-hybridized carbons (Fsp3) is 0.367. The molecule has 3 aromatic rings. The van der Waals surface area contributed by atoms with Crippen LogP contribution in [0.15, 0.2) is 72.8 Å². The van der Waals surface area contributed by atoms with Crippen LogP contribution >= 0.6 is 0 Å². The Labute approximate surface area is 236 Å². The number of sulfonamides is 1. The number of likely N-dealkylation sites (N-methyl/N-ethyl adjacent to an activating group) is 1. The molecule has 0 saturated carbocycles. The minimum atomic E-state index is -3.53. The Morgan fingerprint density at radius 2 is 1.77 bits per heavy atom. The molecule has 0 spiro atoms. The van der Waals surface area contributed by atoms with Gasteiger partial charge in [0.2, 0.25) is 10.0 Å². The lowest BCUT2D eigenvalue weighted by atomic mass is 9.99. The number of anilines is 1. The average molecular weight is 568 g/mol. The summed E-state index contributed by atoms with van der Waals surface area (Å²) in [5.41, 5.74) is 1.64. The lowest BCUT2D eigenvalue weighted by molar-refractivity contribution is 0.0341. The number of fused-ring (bicyclic) bond motifs is 1. The van der Waals surface area contributed by atoms with Crippen molar-refractivity contribution < 1.29 is 27.8 Å². The first-order chi connectivity index (χ1) is 19.0. The number of aliphatic hydroxyl groups excluding tert-OH is 1. The molecule has 1 aliphatic rings. The van der Waals surface area contributed by atoms with Crippen LogP contribution in [-0.4, -0.2) is 74.4 Å². The van der Waals surface area contributed by atoms with Gasteiger partial charge in [-0.15, -0.1) is 0 Å². The van der Waals surface area contributed by atoms with Gasteiger partial charge in [0.1, 0.15) is 23.4 Å². The lowest BCUT2D eigenvalue weighted by Gasteiger charge is -2.38. The minimum absolute atomic E-state index is 0.0379. The molecule has 0 fully saturated rings. The molecule has 3 atom stereocenters. The number of rotatable bonds is 10. The lowest BCUT2D eigenvalue weighted by Crippen LogP contribution is -2.49.